The molecule has 0 radical (unpaired) electrons. The minimum absolute atomic E-state index is 0.0760. The number of anilines is 2. The van der Waals surface area contributed by atoms with E-state index in [1.165, 1.54) is 5.69 Å². The van der Waals surface area contributed by atoms with Crippen molar-refractivity contribution in [3.63, 3.8) is 0 Å². The minimum atomic E-state index is -0.0760. The molecule has 1 aromatic heterocycles. The van der Waals surface area contributed by atoms with Crippen LogP contribution in [0.4, 0.5) is 11.6 Å². The number of aromatic amines is 1. The summed E-state index contributed by atoms with van der Waals surface area (Å²) in [6.07, 6.45) is 0.525. The second kappa shape index (κ2) is 8.07. The fourth-order valence-electron chi connectivity index (χ4n) is 3.62. The second-order valence-corrected chi connectivity index (χ2v) is 7.51. The predicted octanol–water partition coefficient (Wildman–Crippen LogP) is 3.65. The first-order valence-corrected chi connectivity index (χ1v) is 9.87. The van der Waals surface area contributed by atoms with E-state index < -0.39 is 0 Å². The Morgan fingerprint density at radius 2 is 1.71 bits per heavy atom. The van der Waals surface area contributed by atoms with Crippen LogP contribution in [0.25, 0.3) is 0 Å². The molecule has 0 unspecified atom stereocenters. The van der Waals surface area contributed by atoms with Crippen molar-refractivity contribution in [2.24, 2.45) is 0 Å². The molecule has 6 heteroatoms. The smallest absolute Gasteiger partial charge is 0.256 e. The second-order valence-electron chi connectivity index (χ2n) is 7.07. The lowest BCUT2D eigenvalue weighted by atomic mass is 10.1. The minimum Gasteiger partial charge on any atom is -0.368 e. The van der Waals surface area contributed by atoms with Gasteiger partial charge in [-0.25, -0.2) is 4.98 Å². The summed E-state index contributed by atoms with van der Waals surface area (Å²) >= 11 is 6.06. The van der Waals surface area contributed by atoms with Gasteiger partial charge in [0.2, 0.25) is 5.95 Å². The number of halogens is 1. The monoisotopic (exact) mass is 394 g/mol. The van der Waals surface area contributed by atoms with Gasteiger partial charge in [0.15, 0.2) is 0 Å². The third-order valence-corrected chi connectivity index (χ3v) is 5.42. The lowest BCUT2D eigenvalue weighted by molar-refractivity contribution is 0.637. The van der Waals surface area contributed by atoms with Crippen LogP contribution in [0.3, 0.4) is 0 Å². The molecule has 1 aliphatic heterocycles. The third-order valence-electron chi connectivity index (χ3n) is 5.18. The SMILES string of the molecule is Cc1nc(N2CCN(c3ccccc3)CC2)[nH]c(=O)c1Cc1cccc(Cl)c1. The van der Waals surface area contributed by atoms with Gasteiger partial charge in [0, 0.05) is 48.9 Å². The lowest BCUT2D eigenvalue weighted by Crippen LogP contribution is -2.47. The van der Waals surface area contributed by atoms with Crippen molar-refractivity contribution in [2.75, 3.05) is 36.0 Å². The molecule has 0 amide bonds. The lowest BCUT2D eigenvalue weighted by Gasteiger charge is -2.36. The maximum atomic E-state index is 12.7. The highest BCUT2D eigenvalue weighted by Gasteiger charge is 2.20. The van der Waals surface area contributed by atoms with Gasteiger partial charge in [-0.2, -0.15) is 0 Å². The normalized spacial score (nSPS) is 14.4. The van der Waals surface area contributed by atoms with Gasteiger partial charge >= 0.3 is 0 Å². The van der Waals surface area contributed by atoms with Gasteiger partial charge in [0.05, 0.1) is 5.69 Å². The number of rotatable bonds is 4. The first kappa shape index (κ1) is 18.6. The van der Waals surface area contributed by atoms with Crippen LogP contribution >= 0.6 is 11.6 Å². The number of benzene rings is 2. The van der Waals surface area contributed by atoms with E-state index in [1.807, 2.05) is 37.3 Å². The number of nitrogens with zero attached hydrogens (tertiary/aromatic N) is 3. The zero-order chi connectivity index (χ0) is 19.5. The molecule has 0 bridgehead atoms. The fraction of sp³-hybridized carbons (Fsp3) is 0.273. The summed E-state index contributed by atoms with van der Waals surface area (Å²) in [4.78, 5) is 24.9. The molecule has 5 nitrogen and oxygen atoms in total. The fourth-order valence-corrected chi connectivity index (χ4v) is 3.83. The van der Waals surface area contributed by atoms with Gasteiger partial charge in [-0.3, -0.25) is 9.78 Å². The van der Waals surface area contributed by atoms with Gasteiger partial charge in [-0.15, -0.1) is 0 Å². The molecule has 0 atom stereocenters. The van der Waals surface area contributed by atoms with Crippen LogP contribution in [0, 0.1) is 6.92 Å². The Morgan fingerprint density at radius 3 is 2.39 bits per heavy atom. The Morgan fingerprint density at radius 1 is 1.00 bits per heavy atom. The number of H-pyrrole nitrogens is 1. The Balaban J connectivity index is 1.48. The molecule has 0 spiro atoms. The van der Waals surface area contributed by atoms with E-state index in [2.05, 4.69) is 39.0 Å². The van der Waals surface area contributed by atoms with Crippen molar-refractivity contribution in [1.82, 2.24) is 9.97 Å². The molecule has 1 fully saturated rings. The molecule has 4 rings (SSSR count). The summed E-state index contributed by atoms with van der Waals surface area (Å²) in [7, 11) is 0. The van der Waals surface area contributed by atoms with Crippen LogP contribution in [0.5, 0.6) is 0 Å². The number of hydrogen-bond acceptors (Lipinski definition) is 4. The summed E-state index contributed by atoms with van der Waals surface area (Å²) in [5.41, 5.74) is 3.62. The summed E-state index contributed by atoms with van der Waals surface area (Å²) in [6, 6.07) is 18.0. The van der Waals surface area contributed by atoms with Gasteiger partial charge in [0.1, 0.15) is 0 Å². The Kier molecular flexibility index (Phi) is 5.35. The zero-order valence-electron chi connectivity index (χ0n) is 15.9. The maximum absolute atomic E-state index is 12.7. The number of nitrogens with one attached hydrogen (secondary N) is 1. The number of aryl methyl sites for hydroxylation is 1. The summed E-state index contributed by atoms with van der Waals surface area (Å²) < 4.78 is 0. The molecule has 0 saturated carbocycles. The largest absolute Gasteiger partial charge is 0.368 e. The molecule has 0 aliphatic carbocycles. The molecule has 144 valence electrons. The Labute approximate surface area is 169 Å². The van der Waals surface area contributed by atoms with Gasteiger partial charge < -0.3 is 9.80 Å². The topological polar surface area (TPSA) is 52.2 Å². The van der Waals surface area contributed by atoms with E-state index in [4.69, 9.17) is 16.6 Å². The zero-order valence-corrected chi connectivity index (χ0v) is 16.6. The van der Waals surface area contributed by atoms with Gasteiger partial charge in [-0.05, 0) is 36.8 Å². The predicted molar refractivity (Wildman–Crippen MR) is 115 cm³/mol. The summed E-state index contributed by atoms with van der Waals surface area (Å²) in [5, 5.41) is 0.674. The number of piperazine rings is 1. The molecule has 1 aliphatic rings. The molecule has 1 saturated heterocycles. The standard InChI is InChI=1S/C22H23ClN4O/c1-16-20(15-17-6-5-7-18(23)14-17)21(28)25-22(24-16)27-12-10-26(11-13-27)19-8-3-2-4-9-19/h2-9,14H,10-13,15H2,1H3,(H,24,25,28). The highest BCUT2D eigenvalue weighted by atomic mass is 35.5. The van der Waals surface area contributed by atoms with E-state index in [1.54, 1.807) is 0 Å². The first-order valence-electron chi connectivity index (χ1n) is 9.49. The van der Waals surface area contributed by atoms with Crippen LogP contribution in [0.2, 0.25) is 5.02 Å². The quantitative estimate of drug-likeness (QED) is 0.733. The average molecular weight is 395 g/mol. The average Bonchev–Trinajstić information content (AvgIpc) is 2.71. The molecule has 1 N–H and O–H groups in total. The van der Waals surface area contributed by atoms with Crippen molar-refractivity contribution in [2.45, 2.75) is 13.3 Å². The molecule has 2 heterocycles. The van der Waals surface area contributed by atoms with E-state index in [9.17, 15) is 4.79 Å². The maximum Gasteiger partial charge on any atom is 0.256 e. The van der Waals surface area contributed by atoms with E-state index in [0.717, 1.165) is 37.4 Å². The molecular formula is C22H23ClN4O. The number of aromatic nitrogens is 2. The van der Waals surface area contributed by atoms with E-state index in [0.29, 0.717) is 23.0 Å². The molecular weight excluding hydrogens is 372 g/mol. The van der Waals surface area contributed by atoms with E-state index >= 15 is 0 Å². The Bertz CT molecular complexity index is 1010. The van der Waals surface area contributed by atoms with Crippen LogP contribution in [-0.4, -0.2) is 36.1 Å². The highest BCUT2D eigenvalue weighted by molar-refractivity contribution is 6.30. The van der Waals surface area contributed by atoms with Crippen LogP contribution in [0.15, 0.2) is 59.4 Å². The number of hydrogen-bond donors (Lipinski definition) is 1. The molecule has 28 heavy (non-hydrogen) atoms. The van der Waals surface area contributed by atoms with Crippen LogP contribution in [0.1, 0.15) is 16.8 Å². The van der Waals surface area contributed by atoms with Crippen LogP contribution < -0.4 is 15.4 Å². The summed E-state index contributed by atoms with van der Waals surface area (Å²) in [6.45, 7) is 5.35. The number of para-hydroxylation sites is 1. The highest BCUT2D eigenvalue weighted by Crippen LogP contribution is 2.19. The van der Waals surface area contributed by atoms with Crippen molar-refractivity contribution >= 4 is 23.2 Å². The van der Waals surface area contributed by atoms with Crippen molar-refractivity contribution in [3.05, 3.63) is 86.8 Å². The summed E-state index contributed by atoms with van der Waals surface area (Å²) in [5.74, 6) is 0.657. The van der Waals surface area contributed by atoms with Gasteiger partial charge in [0.25, 0.3) is 5.56 Å². The third kappa shape index (κ3) is 4.04. The van der Waals surface area contributed by atoms with Crippen molar-refractivity contribution in [3.8, 4) is 0 Å². The first-order chi connectivity index (χ1) is 13.6. The van der Waals surface area contributed by atoms with Crippen LogP contribution in [-0.2, 0) is 6.42 Å². The van der Waals surface area contributed by atoms with Gasteiger partial charge in [-0.1, -0.05) is 41.9 Å². The molecule has 2 aromatic carbocycles. The van der Waals surface area contributed by atoms with E-state index in [-0.39, 0.29) is 5.56 Å². The molecule has 3 aromatic rings. The van der Waals surface area contributed by atoms with Crippen molar-refractivity contribution in [1.29, 1.82) is 0 Å². The Hall–Kier alpha value is -2.79. The van der Waals surface area contributed by atoms with Crippen molar-refractivity contribution < 1.29 is 0 Å².